The molecule has 2 heterocycles. The van der Waals surface area contributed by atoms with Gasteiger partial charge in [-0.05, 0) is 12.1 Å². The van der Waals surface area contributed by atoms with Gasteiger partial charge >= 0.3 is 0 Å². The lowest BCUT2D eigenvalue weighted by atomic mass is 10.2. The van der Waals surface area contributed by atoms with Crippen molar-refractivity contribution in [2.75, 3.05) is 18.0 Å². The minimum Gasteiger partial charge on any atom is -0.371 e. The Bertz CT molecular complexity index is 824. The molecule has 0 bridgehead atoms. The fourth-order valence-electron chi connectivity index (χ4n) is 2.90. The zero-order valence-corrected chi connectivity index (χ0v) is 14.9. The van der Waals surface area contributed by atoms with Crippen molar-refractivity contribution in [3.63, 3.8) is 0 Å². The third-order valence-electron chi connectivity index (χ3n) is 4.48. The Kier molecular flexibility index (Phi) is 5.31. The SMILES string of the molecule is Cn1ccnc1CCN(CCc1nccn1C)c1ccc([N+](=O)[O-])cc1. The number of aryl methyl sites for hydroxylation is 2. The lowest BCUT2D eigenvalue weighted by Gasteiger charge is -2.24. The Hall–Kier alpha value is -3.16. The number of benzene rings is 1. The van der Waals surface area contributed by atoms with Crippen LogP contribution in [0.25, 0.3) is 0 Å². The maximum atomic E-state index is 10.9. The van der Waals surface area contributed by atoms with Crippen LogP contribution in [0.15, 0.2) is 49.1 Å². The topological polar surface area (TPSA) is 82.0 Å². The second-order valence-electron chi connectivity index (χ2n) is 6.17. The summed E-state index contributed by atoms with van der Waals surface area (Å²) in [6.07, 6.45) is 9.03. The van der Waals surface area contributed by atoms with Gasteiger partial charge in [0.1, 0.15) is 11.6 Å². The number of anilines is 1. The quantitative estimate of drug-likeness (QED) is 0.458. The van der Waals surface area contributed by atoms with Gasteiger partial charge in [0, 0.05) is 82.6 Å². The number of hydrogen-bond donors (Lipinski definition) is 0. The fraction of sp³-hybridized carbons (Fsp3) is 0.333. The van der Waals surface area contributed by atoms with E-state index in [1.807, 2.05) is 35.6 Å². The van der Waals surface area contributed by atoms with E-state index in [-0.39, 0.29) is 10.6 Å². The average molecular weight is 354 g/mol. The summed E-state index contributed by atoms with van der Waals surface area (Å²) in [5.74, 6) is 2.02. The molecule has 3 aromatic rings. The predicted molar refractivity (Wildman–Crippen MR) is 99.1 cm³/mol. The summed E-state index contributed by atoms with van der Waals surface area (Å²) in [6, 6.07) is 6.69. The molecule has 0 atom stereocenters. The zero-order valence-electron chi connectivity index (χ0n) is 14.9. The maximum Gasteiger partial charge on any atom is 0.269 e. The predicted octanol–water partition coefficient (Wildman–Crippen LogP) is 2.35. The molecule has 8 heteroatoms. The van der Waals surface area contributed by atoms with Crippen LogP contribution in [-0.4, -0.2) is 37.1 Å². The average Bonchev–Trinajstić information content (AvgIpc) is 3.23. The van der Waals surface area contributed by atoms with Crippen LogP contribution in [0.2, 0.25) is 0 Å². The molecule has 0 fully saturated rings. The summed E-state index contributed by atoms with van der Waals surface area (Å²) in [4.78, 5) is 21.5. The summed E-state index contributed by atoms with van der Waals surface area (Å²) >= 11 is 0. The van der Waals surface area contributed by atoms with Crippen molar-refractivity contribution < 1.29 is 4.92 Å². The van der Waals surface area contributed by atoms with Crippen LogP contribution < -0.4 is 4.90 Å². The van der Waals surface area contributed by atoms with Gasteiger partial charge in [-0.1, -0.05) is 0 Å². The highest BCUT2D eigenvalue weighted by atomic mass is 16.6. The Labute approximate surface area is 151 Å². The van der Waals surface area contributed by atoms with Crippen LogP contribution in [0.1, 0.15) is 11.6 Å². The van der Waals surface area contributed by atoms with Crippen molar-refractivity contribution in [1.29, 1.82) is 0 Å². The number of nitrogens with zero attached hydrogens (tertiary/aromatic N) is 6. The van der Waals surface area contributed by atoms with Gasteiger partial charge in [-0.2, -0.15) is 0 Å². The summed E-state index contributed by atoms with van der Waals surface area (Å²) in [5, 5.41) is 10.9. The molecular formula is C18H22N6O2. The molecule has 0 saturated heterocycles. The van der Waals surface area contributed by atoms with Gasteiger partial charge in [-0.25, -0.2) is 9.97 Å². The first-order valence-corrected chi connectivity index (χ1v) is 8.46. The van der Waals surface area contributed by atoms with Gasteiger partial charge in [0.05, 0.1) is 4.92 Å². The number of hydrogen-bond acceptors (Lipinski definition) is 5. The first-order chi connectivity index (χ1) is 12.5. The van der Waals surface area contributed by atoms with Gasteiger partial charge in [-0.15, -0.1) is 0 Å². The van der Waals surface area contributed by atoms with E-state index in [0.29, 0.717) is 0 Å². The lowest BCUT2D eigenvalue weighted by Crippen LogP contribution is -2.29. The van der Waals surface area contributed by atoms with E-state index >= 15 is 0 Å². The van der Waals surface area contributed by atoms with Crippen LogP contribution in [0, 0.1) is 10.1 Å². The van der Waals surface area contributed by atoms with E-state index in [0.717, 1.165) is 43.3 Å². The largest absolute Gasteiger partial charge is 0.371 e. The number of rotatable bonds is 8. The fourth-order valence-corrected chi connectivity index (χ4v) is 2.90. The third kappa shape index (κ3) is 4.08. The molecule has 0 aliphatic carbocycles. The van der Waals surface area contributed by atoms with Crippen LogP contribution in [-0.2, 0) is 26.9 Å². The van der Waals surface area contributed by atoms with Gasteiger partial charge < -0.3 is 14.0 Å². The Morgan fingerprint density at radius 2 is 1.46 bits per heavy atom. The third-order valence-corrected chi connectivity index (χ3v) is 4.48. The molecule has 0 spiro atoms. The van der Waals surface area contributed by atoms with Crippen molar-refractivity contribution in [2.45, 2.75) is 12.8 Å². The van der Waals surface area contributed by atoms with Crippen molar-refractivity contribution in [3.8, 4) is 0 Å². The minimum absolute atomic E-state index is 0.0990. The summed E-state index contributed by atoms with van der Waals surface area (Å²) < 4.78 is 4.01. The Morgan fingerprint density at radius 3 is 1.85 bits per heavy atom. The van der Waals surface area contributed by atoms with Gasteiger partial charge in [0.25, 0.3) is 5.69 Å². The highest BCUT2D eigenvalue weighted by Gasteiger charge is 2.12. The van der Waals surface area contributed by atoms with Gasteiger partial charge in [-0.3, -0.25) is 10.1 Å². The number of non-ortho nitro benzene ring substituents is 1. The molecule has 0 N–H and O–H groups in total. The van der Waals surface area contributed by atoms with E-state index in [1.165, 1.54) is 0 Å². The zero-order chi connectivity index (χ0) is 18.5. The summed E-state index contributed by atoms with van der Waals surface area (Å²) in [5.41, 5.74) is 1.06. The van der Waals surface area contributed by atoms with Crippen molar-refractivity contribution in [2.24, 2.45) is 14.1 Å². The van der Waals surface area contributed by atoms with Crippen LogP contribution >= 0.6 is 0 Å². The molecule has 0 unspecified atom stereocenters. The molecule has 2 aromatic heterocycles. The van der Waals surface area contributed by atoms with Crippen molar-refractivity contribution in [3.05, 3.63) is 70.8 Å². The van der Waals surface area contributed by atoms with Gasteiger partial charge in [0.15, 0.2) is 0 Å². The van der Waals surface area contributed by atoms with E-state index in [2.05, 4.69) is 14.9 Å². The summed E-state index contributed by atoms with van der Waals surface area (Å²) in [7, 11) is 3.96. The van der Waals surface area contributed by atoms with E-state index in [9.17, 15) is 10.1 Å². The first-order valence-electron chi connectivity index (χ1n) is 8.46. The monoisotopic (exact) mass is 354 g/mol. The number of nitro benzene ring substituents is 1. The molecule has 0 amide bonds. The molecule has 136 valence electrons. The molecule has 0 aliphatic heterocycles. The second-order valence-corrected chi connectivity index (χ2v) is 6.17. The van der Waals surface area contributed by atoms with Gasteiger partial charge in [0.2, 0.25) is 0 Å². The molecule has 8 nitrogen and oxygen atoms in total. The molecule has 26 heavy (non-hydrogen) atoms. The first kappa shape index (κ1) is 17.7. The van der Waals surface area contributed by atoms with Crippen LogP contribution in [0.5, 0.6) is 0 Å². The molecule has 1 aromatic carbocycles. The van der Waals surface area contributed by atoms with Crippen molar-refractivity contribution >= 4 is 11.4 Å². The summed E-state index contributed by atoms with van der Waals surface area (Å²) in [6.45, 7) is 1.54. The molecule has 3 rings (SSSR count). The second kappa shape index (κ2) is 7.81. The van der Waals surface area contributed by atoms with E-state index in [4.69, 9.17) is 0 Å². The molecule has 0 radical (unpaired) electrons. The van der Waals surface area contributed by atoms with Crippen LogP contribution in [0.4, 0.5) is 11.4 Å². The van der Waals surface area contributed by atoms with E-state index in [1.54, 1.807) is 36.7 Å². The lowest BCUT2D eigenvalue weighted by molar-refractivity contribution is -0.384. The number of aromatic nitrogens is 4. The smallest absolute Gasteiger partial charge is 0.269 e. The normalized spacial score (nSPS) is 10.8. The highest BCUT2D eigenvalue weighted by Crippen LogP contribution is 2.20. The number of imidazole rings is 2. The number of nitro groups is 1. The Balaban J connectivity index is 1.74. The standard InChI is InChI=1S/C18H22N6O2/c1-21-13-9-19-17(21)7-11-23(12-8-18-20-10-14-22(18)2)15-3-5-16(6-4-15)24(25)26/h3-6,9-10,13-14H,7-8,11-12H2,1-2H3. The molecule has 0 saturated carbocycles. The molecule has 0 aliphatic rings. The maximum absolute atomic E-state index is 10.9. The van der Waals surface area contributed by atoms with Crippen molar-refractivity contribution in [1.82, 2.24) is 19.1 Å². The molecular weight excluding hydrogens is 332 g/mol. The van der Waals surface area contributed by atoms with E-state index < -0.39 is 0 Å². The minimum atomic E-state index is -0.379. The van der Waals surface area contributed by atoms with Crippen LogP contribution in [0.3, 0.4) is 0 Å². The Morgan fingerprint density at radius 1 is 0.962 bits per heavy atom. The highest BCUT2D eigenvalue weighted by molar-refractivity contribution is 5.51.